The molecule has 0 radical (unpaired) electrons. The van der Waals surface area contributed by atoms with E-state index in [1.807, 2.05) is 6.26 Å². The lowest BCUT2D eigenvalue weighted by Gasteiger charge is -1.94. The summed E-state index contributed by atoms with van der Waals surface area (Å²) in [5.41, 5.74) is 0. The summed E-state index contributed by atoms with van der Waals surface area (Å²) in [5, 5.41) is 3.47. The van der Waals surface area contributed by atoms with Crippen LogP contribution in [-0.2, 0) is 0 Å². The Bertz CT molecular complexity index is 372. The van der Waals surface area contributed by atoms with Gasteiger partial charge in [0.2, 0.25) is 5.82 Å². The minimum atomic E-state index is 0.340. The Balaban J connectivity index is 2.33. The number of hydrogen-bond acceptors (Lipinski definition) is 6. The summed E-state index contributed by atoms with van der Waals surface area (Å²) in [4.78, 5) is 13.0. The monoisotopic (exact) mass is 194 g/mol. The molecule has 0 aliphatic carbocycles. The Hall–Kier alpha value is -1.43. The first-order chi connectivity index (χ1) is 6.40. The van der Waals surface area contributed by atoms with Gasteiger partial charge in [0.15, 0.2) is 6.33 Å². The normalized spacial score (nSPS) is 10.2. The Kier molecular flexibility index (Phi) is 2.22. The fraction of sp³-hybridized carbons (Fsp3) is 0.143. The van der Waals surface area contributed by atoms with E-state index in [2.05, 4.69) is 20.1 Å². The molecule has 0 aromatic carbocycles. The molecule has 2 aromatic rings. The standard InChI is InChI=1S/C7H6N4OS/c1-13-5-2-8-6(9-3-5)7-10-4-11-12-7/h2-4H,1H3. The van der Waals surface area contributed by atoms with E-state index >= 15 is 0 Å². The molecule has 0 N–H and O–H groups in total. The van der Waals surface area contributed by atoms with Crippen molar-refractivity contribution in [3.63, 3.8) is 0 Å². The molecule has 2 heterocycles. The van der Waals surface area contributed by atoms with Gasteiger partial charge in [0, 0.05) is 17.3 Å². The highest BCUT2D eigenvalue weighted by atomic mass is 32.2. The van der Waals surface area contributed by atoms with Crippen LogP contribution in [0, 0.1) is 0 Å². The predicted molar refractivity (Wildman–Crippen MR) is 47.1 cm³/mol. The summed E-state index contributed by atoms with van der Waals surface area (Å²) >= 11 is 1.58. The summed E-state index contributed by atoms with van der Waals surface area (Å²) < 4.78 is 4.80. The highest BCUT2D eigenvalue weighted by molar-refractivity contribution is 7.98. The van der Waals surface area contributed by atoms with E-state index in [1.165, 1.54) is 6.33 Å². The molecular weight excluding hydrogens is 188 g/mol. The molecular formula is C7H6N4OS. The van der Waals surface area contributed by atoms with Crippen molar-refractivity contribution >= 4 is 11.8 Å². The van der Waals surface area contributed by atoms with Crippen LogP contribution in [0.25, 0.3) is 11.7 Å². The van der Waals surface area contributed by atoms with E-state index in [0.717, 1.165) is 4.90 Å². The number of hydrogen-bond donors (Lipinski definition) is 0. The highest BCUT2D eigenvalue weighted by Gasteiger charge is 2.05. The second kappa shape index (κ2) is 3.53. The molecule has 0 aliphatic heterocycles. The zero-order valence-corrected chi connectivity index (χ0v) is 7.65. The number of nitrogens with zero attached hydrogens (tertiary/aromatic N) is 4. The summed E-state index contributed by atoms with van der Waals surface area (Å²) in [7, 11) is 0. The number of thioether (sulfide) groups is 1. The van der Waals surface area contributed by atoms with Gasteiger partial charge in [0.25, 0.3) is 5.89 Å². The van der Waals surface area contributed by atoms with Gasteiger partial charge in [-0.05, 0) is 6.26 Å². The van der Waals surface area contributed by atoms with Crippen molar-refractivity contribution in [2.75, 3.05) is 6.26 Å². The van der Waals surface area contributed by atoms with Crippen LogP contribution in [0.1, 0.15) is 0 Å². The van der Waals surface area contributed by atoms with E-state index in [0.29, 0.717) is 11.7 Å². The molecule has 0 aliphatic rings. The van der Waals surface area contributed by atoms with Crippen molar-refractivity contribution in [1.82, 2.24) is 20.1 Å². The Morgan fingerprint density at radius 2 is 2.00 bits per heavy atom. The van der Waals surface area contributed by atoms with Crippen LogP contribution in [0.2, 0.25) is 0 Å². The van der Waals surface area contributed by atoms with Gasteiger partial charge in [-0.15, -0.1) is 11.8 Å². The maximum absolute atomic E-state index is 4.80. The summed E-state index contributed by atoms with van der Waals surface area (Å²) in [5.74, 6) is 0.794. The molecule has 0 spiro atoms. The van der Waals surface area contributed by atoms with Crippen LogP contribution in [0.4, 0.5) is 0 Å². The number of aromatic nitrogens is 4. The van der Waals surface area contributed by atoms with Crippen molar-refractivity contribution in [2.24, 2.45) is 0 Å². The molecule has 0 fully saturated rings. The largest absolute Gasteiger partial charge is 0.331 e. The van der Waals surface area contributed by atoms with Crippen molar-refractivity contribution in [2.45, 2.75) is 4.90 Å². The SMILES string of the molecule is CSc1cnc(-c2ncno2)nc1. The quantitative estimate of drug-likeness (QED) is 0.670. The molecule has 6 heteroatoms. The molecule has 13 heavy (non-hydrogen) atoms. The molecule has 2 aromatic heterocycles. The van der Waals surface area contributed by atoms with Crippen LogP contribution in [-0.4, -0.2) is 26.4 Å². The fourth-order valence-corrected chi connectivity index (χ4v) is 1.12. The van der Waals surface area contributed by atoms with E-state index in [1.54, 1.807) is 24.2 Å². The second-order valence-corrected chi connectivity index (χ2v) is 3.07. The van der Waals surface area contributed by atoms with Crippen molar-refractivity contribution in [3.05, 3.63) is 18.7 Å². The lowest BCUT2D eigenvalue weighted by molar-refractivity contribution is 0.427. The molecule has 0 saturated carbocycles. The maximum Gasteiger partial charge on any atom is 0.295 e. The van der Waals surface area contributed by atoms with Gasteiger partial charge in [-0.3, -0.25) is 0 Å². The van der Waals surface area contributed by atoms with Crippen LogP contribution < -0.4 is 0 Å². The third-order valence-corrected chi connectivity index (χ3v) is 2.10. The predicted octanol–water partition coefficient (Wildman–Crippen LogP) is 1.25. The Morgan fingerprint density at radius 1 is 1.23 bits per heavy atom. The highest BCUT2D eigenvalue weighted by Crippen LogP contribution is 2.14. The van der Waals surface area contributed by atoms with Gasteiger partial charge >= 0.3 is 0 Å². The van der Waals surface area contributed by atoms with Crippen LogP contribution in [0.15, 0.2) is 28.1 Å². The molecule has 0 bridgehead atoms. The molecule has 2 rings (SSSR count). The average molecular weight is 194 g/mol. The third kappa shape index (κ3) is 1.67. The molecule has 66 valence electrons. The minimum absolute atomic E-state index is 0.340. The van der Waals surface area contributed by atoms with Gasteiger partial charge in [-0.1, -0.05) is 5.16 Å². The number of rotatable bonds is 2. The molecule has 0 amide bonds. The van der Waals surface area contributed by atoms with Gasteiger partial charge in [-0.25, -0.2) is 9.97 Å². The Morgan fingerprint density at radius 3 is 2.54 bits per heavy atom. The van der Waals surface area contributed by atoms with Crippen LogP contribution in [0.3, 0.4) is 0 Å². The average Bonchev–Trinajstić information content (AvgIpc) is 2.71. The second-order valence-electron chi connectivity index (χ2n) is 2.19. The Labute approximate surface area is 78.6 Å². The summed E-state index contributed by atoms with van der Waals surface area (Å²) in [6.45, 7) is 0. The van der Waals surface area contributed by atoms with Gasteiger partial charge in [0.1, 0.15) is 0 Å². The van der Waals surface area contributed by atoms with E-state index < -0.39 is 0 Å². The third-order valence-electron chi connectivity index (χ3n) is 1.42. The lowest BCUT2D eigenvalue weighted by atomic mass is 10.5. The fourth-order valence-electron chi connectivity index (χ4n) is 0.804. The maximum atomic E-state index is 4.80. The molecule has 0 atom stereocenters. The summed E-state index contributed by atoms with van der Waals surface area (Å²) in [6.07, 6.45) is 6.72. The molecule has 0 unspecified atom stereocenters. The van der Waals surface area contributed by atoms with Crippen molar-refractivity contribution in [1.29, 1.82) is 0 Å². The lowest BCUT2D eigenvalue weighted by Crippen LogP contribution is -1.88. The van der Waals surface area contributed by atoms with Gasteiger partial charge in [-0.2, -0.15) is 4.98 Å². The summed E-state index contributed by atoms with van der Waals surface area (Å²) in [6, 6.07) is 0. The van der Waals surface area contributed by atoms with Crippen molar-refractivity contribution in [3.8, 4) is 11.7 Å². The molecule has 5 nitrogen and oxygen atoms in total. The zero-order valence-electron chi connectivity index (χ0n) is 6.84. The minimum Gasteiger partial charge on any atom is -0.331 e. The van der Waals surface area contributed by atoms with Gasteiger partial charge < -0.3 is 4.52 Å². The van der Waals surface area contributed by atoms with Gasteiger partial charge in [0.05, 0.1) is 0 Å². The topological polar surface area (TPSA) is 64.7 Å². The molecule has 0 saturated heterocycles. The van der Waals surface area contributed by atoms with Crippen LogP contribution in [0.5, 0.6) is 0 Å². The van der Waals surface area contributed by atoms with E-state index in [4.69, 9.17) is 4.52 Å². The van der Waals surface area contributed by atoms with E-state index in [-0.39, 0.29) is 0 Å². The van der Waals surface area contributed by atoms with Crippen molar-refractivity contribution < 1.29 is 4.52 Å². The first-order valence-electron chi connectivity index (χ1n) is 3.53. The first kappa shape index (κ1) is 8.18. The first-order valence-corrected chi connectivity index (χ1v) is 4.75. The van der Waals surface area contributed by atoms with E-state index in [9.17, 15) is 0 Å². The van der Waals surface area contributed by atoms with Crippen LogP contribution >= 0.6 is 11.8 Å². The smallest absolute Gasteiger partial charge is 0.295 e. The zero-order chi connectivity index (χ0) is 9.10.